The van der Waals surface area contributed by atoms with Gasteiger partial charge in [-0.15, -0.1) is 0 Å². The third kappa shape index (κ3) is 2.76. The van der Waals surface area contributed by atoms with Gasteiger partial charge in [0.25, 0.3) is 5.69 Å². The van der Waals surface area contributed by atoms with Gasteiger partial charge in [-0.1, -0.05) is 24.3 Å². The summed E-state index contributed by atoms with van der Waals surface area (Å²) in [6.07, 6.45) is 2.36. The standard InChI is InChI=1S/C20H13NO4/c22-20-15(11-14-3-1-2-4-18(14)20)12-17-9-10-19(25-17)13-5-7-16(8-6-13)21(23)24/h1-10,12H,11H2. The number of fused-ring (bicyclic) bond motifs is 1. The van der Waals surface area contributed by atoms with E-state index >= 15 is 0 Å². The van der Waals surface area contributed by atoms with Crippen molar-refractivity contribution in [2.24, 2.45) is 0 Å². The van der Waals surface area contributed by atoms with Gasteiger partial charge in [-0.25, -0.2) is 0 Å². The number of hydrogen-bond acceptors (Lipinski definition) is 4. The topological polar surface area (TPSA) is 73.3 Å². The van der Waals surface area contributed by atoms with Crippen molar-refractivity contribution in [1.82, 2.24) is 0 Å². The average molecular weight is 331 g/mol. The maximum atomic E-state index is 12.4. The maximum absolute atomic E-state index is 12.4. The number of hydrogen-bond donors (Lipinski definition) is 0. The van der Waals surface area contributed by atoms with Crippen LogP contribution in [0.2, 0.25) is 0 Å². The Bertz CT molecular complexity index is 1010. The summed E-state index contributed by atoms with van der Waals surface area (Å²) in [5.41, 5.74) is 3.26. The van der Waals surface area contributed by atoms with Crippen LogP contribution in [0.25, 0.3) is 17.4 Å². The second-order valence-corrected chi connectivity index (χ2v) is 5.84. The molecule has 25 heavy (non-hydrogen) atoms. The predicted molar refractivity (Wildman–Crippen MR) is 93.3 cm³/mol. The van der Waals surface area contributed by atoms with Crippen LogP contribution in [-0.4, -0.2) is 10.7 Å². The number of rotatable bonds is 3. The molecule has 0 amide bonds. The van der Waals surface area contributed by atoms with E-state index in [-0.39, 0.29) is 11.5 Å². The lowest BCUT2D eigenvalue weighted by Gasteiger charge is -1.97. The first-order chi connectivity index (χ1) is 12.1. The molecule has 3 aromatic rings. The Hall–Kier alpha value is -3.47. The molecule has 0 bridgehead atoms. The van der Waals surface area contributed by atoms with Crippen LogP contribution in [0, 0.1) is 10.1 Å². The Kier molecular flexibility index (Phi) is 3.54. The molecular formula is C20H13NO4. The summed E-state index contributed by atoms with van der Waals surface area (Å²) < 4.78 is 5.78. The number of benzene rings is 2. The number of ketones is 1. The van der Waals surface area contributed by atoms with Crippen LogP contribution >= 0.6 is 0 Å². The average Bonchev–Trinajstić information content (AvgIpc) is 3.21. The van der Waals surface area contributed by atoms with Crippen molar-refractivity contribution in [2.45, 2.75) is 6.42 Å². The van der Waals surface area contributed by atoms with Gasteiger partial charge >= 0.3 is 0 Å². The summed E-state index contributed by atoms with van der Waals surface area (Å²) in [4.78, 5) is 22.7. The van der Waals surface area contributed by atoms with Gasteiger partial charge in [0.05, 0.1) is 4.92 Å². The highest BCUT2D eigenvalue weighted by atomic mass is 16.6. The number of Topliss-reactive ketones (excluding diaryl/α,β-unsaturated/α-hetero) is 1. The molecule has 0 spiro atoms. The number of nitro benzene ring substituents is 1. The molecule has 1 aliphatic carbocycles. The van der Waals surface area contributed by atoms with Crippen LogP contribution in [0.15, 0.2) is 70.7 Å². The van der Waals surface area contributed by atoms with Gasteiger partial charge in [0.15, 0.2) is 5.78 Å². The predicted octanol–water partition coefficient (Wildman–Crippen LogP) is 4.68. The normalized spacial score (nSPS) is 14.7. The summed E-state index contributed by atoms with van der Waals surface area (Å²) in [6, 6.07) is 17.3. The third-order valence-corrected chi connectivity index (χ3v) is 4.24. The lowest BCUT2D eigenvalue weighted by molar-refractivity contribution is -0.384. The van der Waals surface area contributed by atoms with Crippen LogP contribution in [0.4, 0.5) is 5.69 Å². The van der Waals surface area contributed by atoms with Gasteiger partial charge < -0.3 is 4.42 Å². The van der Waals surface area contributed by atoms with Crippen LogP contribution < -0.4 is 0 Å². The molecule has 1 aromatic heterocycles. The Morgan fingerprint density at radius 1 is 1.00 bits per heavy atom. The van der Waals surface area contributed by atoms with E-state index in [1.807, 2.05) is 24.3 Å². The summed E-state index contributed by atoms with van der Waals surface area (Å²) in [5.74, 6) is 1.22. The first-order valence-corrected chi connectivity index (χ1v) is 7.79. The van der Waals surface area contributed by atoms with Crippen molar-refractivity contribution in [3.05, 3.63) is 93.2 Å². The van der Waals surface area contributed by atoms with E-state index in [0.29, 0.717) is 23.5 Å². The SMILES string of the molecule is O=C1C(=Cc2ccc(-c3ccc([N+](=O)[O-])cc3)o2)Cc2ccccc21. The highest BCUT2D eigenvalue weighted by Gasteiger charge is 2.24. The highest BCUT2D eigenvalue weighted by molar-refractivity contribution is 6.15. The number of nitro groups is 1. The molecule has 4 rings (SSSR count). The lowest BCUT2D eigenvalue weighted by atomic mass is 10.1. The Morgan fingerprint density at radius 3 is 2.48 bits per heavy atom. The van der Waals surface area contributed by atoms with E-state index in [0.717, 1.165) is 16.7 Å². The Morgan fingerprint density at radius 2 is 1.76 bits per heavy atom. The highest BCUT2D eigenvalue weighted by Crippen LogP contribution is 2.30. The number of non-ortho nitro benzene ring substituents is 1. The molecule has 5 heteroatoms. The zero-order valence-corrected chi connectivity index (χ0v) is 13.1. The van der Waals surface area contributed by atoms with Crippen molar-refractivity contribution in [3.63, 3.8) is 0 Å². The number of carbonyl (C=O) groups excluding carboxylic acids is 1. The van der Waals surface area contributed by atoms with Gasteiger partial charge in [0.1, 0.15) is 11.5 Å². The molecule has 0 saturated carbocycles. The van der Waals surface area contributed by atoms with Crippen molar-refractivity contribution >= 4 is 17.5 Å². The molecule has 0 N–H and O–H groups in total. The zero-order chi connectivity index (χ0) is 17.4. The fraction of sp³-hybridized carbons (Fsp3) is 0.0500. The summed E-state index contributed by atoms with van der Waals surface area (Å²) in [6.45, 7) is 0. The summed E-state index contributed by atoms with van der Waals surface area (Å²) in [5, 5.41) is 10.7. The molecule has 5 nitrogen and oxygen atoms in total. The lowest BCUT2D eigenvalue weighted by Crippen LogP contribution is -1.94. The monoisotopic (exact) mass is 331 g/mol. The fourth-order valence-electron chi connectivity index (χ4n) is 2.98. The van der Waals surface area contributed by atoms with E-state index in [2.05, 4.69) is 0 Å². The molecule has 2 aromatic carbocycles. The Balaban J connectivity index is 1.60. The van der Waals surface area contributed by atoms with Crippen molar-refractivity contribution in [1.29, 1.82) is 0 Å². The second-order valence-electron chi connectivity index (χ2n) is 5.84. The molecule has 0 atom stereocenters. The maximum Gasteiger partial charge on any atom is 0.269 e. The van der Waals surface area contributed by atoms with Crippen LogP contribution in [0.3, 0.4) is 0 Å². The van der Waals surface area contributed by atoms with Crippen LogP contribution in [0.1, 0.15) is 21.7 Å². The fourth-order valence-corrected chi connectivity index (χ4v) is 2.98. The molecule has 0 aliphatic heterocycles. The van der Waals surface area contributed by atoms with Crippen molar-refractivity contribution in [2.75, 3.05) is 0 Å². The van der Waals surface area contributed by atoms with Crippen molar-refractivity contribution < 1.29 is 14.1 Å². The molecule has 1 heterocycles. The second kappa shape index (κ2) is 5.87. The minimum absolute atomic E-state index is 0.0314. The van der Waals surface area contributed by atoms with Crippen LogP contribution in [0.5, 0.6) is 0 Å². The third-order valence-electron chi connectivity index (χ3n) is 4.24. The van der Waals surface area contributed by atoms with E-state index < -0.39 is 4.92 Å². The van der Waals surface area contributed by atoms with Crippen LogP contribution in [-0.2, 0) is 6.42 Å². The number of nitrogens with zero attached hydrogens (tertiary/aromatic N) is 1. The number of allylic oxidation sites excluding steroid dienone is 1. The van der Waals surface area contributed by atoms with E-state index in [9.17, 15) is 14.9 Å². The minimum atomic E-state index is -0.439. The zero-order valence-electron chi connectivity index (χ0n) is 13.1. The molecule has 0 saturated heterocycles. The molecule has 0 radical (unpaired) electrons. The molecule has 1 aliphatic rings. The molecular weight excluding hydrogens is 318 g/mol. The minimum Gasteiger partial charge on any atom is -0.457 e. The van der Waals surface area contributed by atoms with E-state index in [4.69, 9.17) is 4.42 Å². The van der Waals surface area contributed by atoms with Gasteiger partial charge in [-0.05, 0) is 35.9 Å². The molecule has 0 fully saturated rings. The number of carbonyl (C=O) groups is 1. The van der Waals surface area contributed by atoms with E-state index in [1.165, 1.54) is 12.1 Å². The van der Waals surface area contributed by atoms with Gasteiger partial charge in [0, 0.05) is 35.3 Å². The smallest absolute Gasteiger partial charge is 0.269 e. The molecule has 0 unspecified atom stereocenters. The van der Waals surface area contributed by atoms with Gasteiger partial charge in [-0.2, -0.15) is 0 Å². The Labute approximate surface area is 143 Å². The van der Waals surface area contributed by atoms with Gasteiger partial charge in [-0.3, -0.25) is 14.9 Å². The first-order valence-electron chi connectivity index (χ1n) is 7.79. The van der Waals surface area contributed by atoms with Crippen molar-refractivity contribution in [3.8, 4) is 11.3 Å². The summed E-state index contributed by atoms with van der Waals surface area (Å²) in [7, 11) is 0. The van der Waals surface area contributed by atoms with E-state index in [1.54, 1.807) is 30.3 Å². The quantitative estimate of drug-likeness (QED) is 0.397. The van der Waals surface area contributed by atoms with Gasteiger partial charge in [0.2, 0.25) is 0 Å². The number of furan rings is 1. The summed E-state index contributed by atoms with van der Waals surface area (Å²) >= 11 is 0. The molecule has 122 valence electrons. The largest absolute Gasteiger partial charge is 0.457 e. The first kappa shape index (κ1) is 15.1.